The van der Waals surface area contributed by atoms with Crippen molar-refractivity contribution in [1.82, 2.24) is 25.5 Å². The van der Waals surface area contributed by atoms with E-state index in [9.17, 15) is 0 Å². The molecule has 26 heavy (non-hydrogen) atoms. The van der Waals surface area contributed by atoms with Gasteiger partial charge in [0.2, 0.25) is 5.95 Å². The molecule has 0 saturated carbocycles. The zero-order chi connectivity index (χ0) is 17.9. The van der Waals surface area contributed by atoms with Crippen molar-refractivity contribution in [2.24, 2.45) is 5.92 Å². The maximum atomic E-state index is 5.44. The number of nitrogens with zero attached hydrogens (tertiary/aromatic N) is 4. The van der Waals surface area contributed by atoms with Gasteiger partial charge in [-0.15, -0.1) is 0 Å². The molecule has 0 aliphatic carbocycles. The molecule has 0 bridgehead atoms. The van der Waals surface area contributed by atoms with E-state index in [0.29, 0.717) is 23.4 Å². The maximum Gasteiger partial charge on any atom is 0.227 e. The van der Waals surface area contributed by atoms with Crippen molar-refractivity contribution in [1.29, 1.82) is 0 Å². The molecule has 0 amide bonds. The van der Waals surface area contributed by atoms with Gasteiger partial charge >= 0.3 is 0 Å². The number of fused-ring (bicyclic) bond motifs is 1. The Morgan fingerprint density at radius 1 is 1.31 bits per heavy atom. The SMILES string of the molecule is COc1cnc(N2CCNCC(C)C2)nc1Nc1ccc2[nH]ncc2c1. The fraction of sp³-hybridized carbons (Fsp3) is 0.389. The van der Waals surface area contributed by atoms with Gasteiger partial charge in [-0.25, -0.2) is 4.98 Å². The lowest BCUT2D eigenvalue weighted by atomic mass is 10.2. The van der Waals surface area contributed by atoms with Crippen LogP contribution in [0.5, 0.6) is 5.75 Å². The van der Waals surface area contributed by atoms with Gasteiger partial charge in [-0.05, 0) is 30.7 Å². The van der Waals surface area contributed by atoms with Crippen LogP contribution in [-0.4, -0.2) is 53.5 Å². The largest absolute Gasteiger partial charge is 0.491 e. The topological polar surface area (TPSA) is 91.0 Å². The van der Waals surface area contributed by atoms with Crippen molar-refractivity contribution < 1.29 is 4.74 Å². The number of aromatic nitrogens is 4. The van der Waals surface area contributed by atoms with E-state index in [1.165, 1.54) is 0 Å². The minimum Gasteiger partial charge on any atom is -0.491 e. The Balaban J connectivity index is 1.63. The Morgan fingerprint density at radius 3 is 3.12 bits per heavy atom. The number of hydrogen-bond acceptors (Lipinski definition) is 7. The monoisotopic (exact) mass is 353 g/mol. The van der Waals surface area contributed by atoms with Crippen molar-refractivity contribution in [2.45, 2.75) is 6.92 Å². The molecule has 8 heteroatoms. The van der Waals surface area contributed by atoms with Crippen molar-refractivity contribution in [3.05, 3.63) is 30.6 Å². The van der Waals surface area contributed by atoms with Gasteiger partial charge in [-0.3, -0.25) is 5.10 Å². The molecule has 1 atom stereocenters. The Kier molecular flexibility index (Phi) is 4.57. The molecule has 3 aromatic rings. The summed E-state index contributed by atoms with van der Waals surface area (Å²) in [6, 6.07) is 6.00. The molecule has 136 valence electrons. The number of hydrogen-bond donors (Lipinski definition) is 3. The number of ether oxygens (including phenoxy) is 1. The number of aromatic amines is 1. The third-order valence-electron chi connectivity index (χ3n) is 4.53. The Bertz CT molecular complexity index is 894. The van der Waals surface area contributed by atoms with E-state index in [4.69, 9.17) is 9.72 Å². The lowest BCUT2D eigenvalue weighted by molar-refractivity contribution is 0.413. The van der Waals surface area contributed by atoms with Gasteiger partial charge in [0, 0.05) is 30.7 Å². The molecule has 0 spiro atoms. The summed E-state index contributed by atoms with van der Waals surface area (Å²) in [5, 5.41) is 14.8. The van der Waals surface area contributed by atoms with Crippen molar-refractivity contribution in [3.8, 4) is 5.75 Å². The highest BCUT2D eigenvalue weighted by molar-refractivity contribution is 5.83. The summed E-state index contributed by atoms with van der Waals surface area (Å²) in [5.41, 5.74) is 1.92. The molecule has 1 aliphatic rings. The van der Waals surface area contributed by atoms with Gasteiger partial charge < -0.3 is 20.3 Å². The molecule has 1 fully saturated rings. The van der Waals surface area contributed by atoms with E-state index in [-0.39, 0.29) is 0 Å². The molecule has 3 heterocycles. The minimum atomic E-state index is 0.545. The molecule has 1 saturated heterocycles. The van der Waals surface area contributed by atoms with Crippen LogP contribution in [0.15, 0.2) is 30.6 Å². The highest BCUT2D eigenvalue weighted by Crippen LogP contribution is 2.28. The second kappa shape index (κ2) is 7.17. The zero-order valence-electron chi connectivity index (χ0n) is 15.0. The van der Waals surface area contributed by atoms with Crippen LogP contribution in [0, 0.1) is 5.92 Å². The molecule has 1 unspecified atom stereocenters. The predicted molar refractivity (Wildman–Crippen MR) is 102 cm³/mol. The number of rotatable bonds is 4. The summed E-state index contributed by atoms with van der Waals surface area (Å²) in [6.45, 7) is 5.99. The summed E-state index contributed by atoms with van der Waals surface area (Å²) < 4.78 is 5.44. The average Bonchev–Trinajstić information content (AvgIpc) is 3.01. The van der Waals surface area contributed by atoms with Crippen LogP contribution in [0.2, 0.25) is 0 Å². The average molecular weight is 353 g/mol. The van der Waals surface area contributed by atoms with Gasteiger partial charge in [0.15, 0.2) is 11.6 Å². The molecule has 4 rings (SSSR count). The highest BCUT2D eigenvalue weighted by atomic mass is 16.5. The summed E-state index contributed by atoms with van der Waals surface area (Å²) in [7, 11) is 1.63. The molecular formula is C18H23N7O. The third kappa shape index (κ3) is 3.41. The fourth-order valence-corrected chi connectivity index (χ4v) is 3.19. The predicted octanol–water partition coefficient (Wildman–Crippen LogP) is 2.15. The Hall–Kier alpha value is -2.87. The highest BCUT2D eigenvalue weighted by Gasteiger charge is 2.18. The van der Waals surface area contributed by atoms with Crippen LogP contribution in [-0.2, 0) is 0 Å². The molecule has 3 N–H and O–H groups in total. The molecule has 2 aromatic heterocycles. The van der Waals surface area contributed by atoms with Crippen molar-refractivity contribution in [2.75, 3.05) is 43.5 Å². The van der Waals surface area contributed by atoms with Gasteiger partial charge in [0.1, 0.15) is 0 Å². The second-order valence-corrected chi connectivity index (χ2v) is 6.64. The minimum absolute atomic E-state index is 0.545. The number of nitrogens with one attached hydrogen (secondary N) is 3. The summed E-state index contributed by atoms with van der Waals surface area (Å²) >= 11 is 0. The van der Waals surface area contributed by atoms with Crippen LogP contribution < -0.4 is 20.3 Å². The first-order chi connectivity index (χ1) is 12.7. The first-order valence-corrected chi connectivity index (χ1v) is 8.80. The normalized spacial score (nSPS) is 17.9. The first kappa shape index (κ1) is 16.6. The van der Waals surface area contributed by atoms with Crippen molar-refractivity contribution in [3.63, 3.8) is 0 Å². The summed E-state index contributed by atoms with van der Waals surface area (Å²) in [5.74, 6) is 2.53. The number of benzene rings is 1. The van der Waals surface area contributed by atoms with Gasteiger partial charge in [0.05, 0.1) is 25.0 Å². The van der Waals surface area contributed by atoms with Crippen LogP contribution in [0.25, 0.3) is 10.9 Å². The van der Waals surface area contributed by atoms with E-state index in [2.05, 4.69) is 37.6 Å². The van der Waals surface area contributed by atoms with Crippen LogP contribution >= 0.6 is 0 Å². The number of anilines is 3. The van der Waals surface area contributed by atoms with E-state index < -0.39 is 0 Å². The van der Waals surface area contributed by atoms with Crippen molar-refractivity contribution >= 4 is 28.4 Å². The Morgan fingerprint density at radius 2 is 2.23 bits per heavy atom. The smallest absolute Gasteiger partial charge is 0.227 e. The third-order valence-corrected chi connectivity index (χ3v) is 4.53. The molecule has 0 radical (unpaired) electrons. The fourth-order valence-electron chi connectivity index (χ4n) is 3.19. The number of methoxy groups -OCH3 is 1. The van der Waals surface area contributed by atoms with Crippen LogP contribution in [0.1, 0.15) is 6.92 Å². The lowest BCUT2D eigenvalue weighted by Gasteiger charge is -2.23. The van der Waals surface area contributed by atoms with E-state index in [1.54, 1.807) is 19.5 Å². The van der Waals surface area contributed by atoms with Gasteiger partial charge in [-0.1, -0.05) is 6.92 Å². The van der Waals surface area contributed by atoms with E-state index in [1.807, 2.05) is 18.2 Å². The van der Waals surface area contributed by atoms with E-state index >= 15 is 0 Å². The van der Waals surface area contributed by atoms with Crippen LogP contribution in [0.3, 0.4) is 0 Å². The summed E-state index contributed by atoms with van der Waals surface area (Å²) in [4.78, 5) is 11.5. The quantitative estimate of drug-likeness (QED) is 0.662. The molecule has 1 aromatic carbocycles. The first-order valence-electron chi connectivity index (χ1n) is 8.80. The van der Waals surface area contributed by atoms with Crippen LogP contribution in [0.4, 0.5) is 17.5 Å². The van der Waals surface area contributed by atoms with Gasteiger partial charge in [-0.2, -0.15) is 10.1 Å². The zero-order valence-corrected chi connectivity index (χ0v) is 15.0. The number of H-pyrrole nitrogens is 1. The van der Waals surface area contributed by atoms with E-state index in [0.717, 1.165) is 42.8 Å². The molecule has 8 nitrogen and oxygen atoms in total. The summed E-state index contributed by atoms with van der Waals surface area (Å²) in [6.07, 6.45) is 3.53. The standard InChI is InChI=1S/C18H23N7O/c1-12-8-19-5-6-25(11-12)18-20-10-16(26-2)17(23-18)22-14-3-4-15-13(7-14)9-21-24-15/h3-4,7,9-10,12,19H,5-6,8,11H2,1-2H3,(H,21,24)(H,20,22,23). The maximum absolute atomic E-state index is 5.44. The molecule has 1 aliphatic heterocycles. The second-order valence-electron chi connectivity index (χ2n) is 6.64. The molecular weight excluding hydrogens is 330 g/mol. The van der Waals surface area contributed by atoms with Gasteiger partial charge in [0.25, 0.3) is 0 Å². The Labute approximate surface area is 152 Å². The lowest BCUT2D eigenvalue weighted by Crippen LogP contribution is -2.31.